The van der Waals surface area contributed by atoms with E-state index in [-0.39, 0.29) is 45.5 Å². The first-order valence-electron chi connectivity index (χ1n) is 10.3. The molecule has 5 nitrogen and oxygen atoms in total. The number of nitrogens with zero attached hydrogens (tertiary/aromatic N) is 2. The third-order valence-corrected chi connectivity index (χ3v) is 6.04. The Hall–Kier alpha value is -3.64. The highest BCUT2D eigenvalue weighted by atomic mass is 32.2. The number of nitriles is 1. The number of carbonyl (C=O) groups excluding carboxylic acids is 2. The van der Waals surface area contributed by atoms with Crippen molar-refractivity contribution < 1.29 is 22.8 Å². The van der Waals surface area contributed by atoms with Gasteiger partial charge in [0.25, 0.3) is 0 Å². The van der Waals surface area contributed by atoms with Crippen molar-refractivity contribution in [2.45, 2.75) is 31.5 Å². The van der Waals surface area contributed by atoms with Crippen molar-refractivity contribution in [1.82, 2.24) is 4.98 Å². The third-order valence-electron chi connectivity index (χ3n) is 5.06. The molecule has 0 atom stereocenters. The normalized spacial score (nSPS) is 11.1. The fraction of sp³-hybridized carbons (Fsp3) is 0.200. The molecule has 34 heavy (non-hydrogen) atoms. The van der Waals surface area contributed by atoms with Gasteiger partial charge in [-0.15, -0.1) is 0 Å². The SMILES string of the molecule is CCc1nc(SCC(=O)Nc2ccccc2C(=O)c2ccccc2)c(C#N)c(C(F)(F)F)c1C. The first-order valence-corrected chi connectivity index (χ1v) is 11.3. The van der Waals surface area contributed by atoms with Gasteiger partial charge in [0.1, 0.15) is 11.1 Å². The maximum atomic E-state index is 13.6. The van der Waals surface area contributed by atoms with Gasteiger partial charge in [-0.2, -0.15) is 18.4 Å². The van der Waals surface area contributed by atoms with Crippen LogP contribution in [-0.2, 0) is 17.4 Å². The second-order valence-corrected chi connectivity index (χ2v) is 8.24. The van der Waals surface area contributed by atoms with Crippen molar-refractivity contribution in [2.75, 3.05) is 11.1 Å². The Morgan fingerprint density at radius 2 is 1.74 bits per heavy atom. The Balaban J connectivity index is 1.83. The van der Waals surface area contributed by atoms with Crippen LogP contribution in [0.1, 0.15) is 45.2 Å². The predicted octanol–water partition coefficient (Wildman–Crippen LogP) is 5.80. The van der Waals surface area contributed by atoms with Gasteiger partial charge in [-0.25, -0.2) is 4.98 Å². The van der Waals surface area contributed by atoms with E-state index >= 15 is 0 Å². The molecule has 0 saturated heterocycles. The Morgan fingerprint density at radius 3 is 2.35 bits per heavy atom. The molecule has 0 aliphatic rings. The van der Waals surface area contributed by atoms with Crippen LogP contribution >= 0.6 is 11.8 Å². The molecular formula is C25H20F3N3O2S. The Morgan fingerprint density at radius 1 is 1.09 bits per heavy atom. The van der Waals surface area contributed by atoms with Crippen molar-refractivity contribution in [2.24, 2.45) is 0 Å². The van der Waals surface area contributed by atoms with Crippen molar-refractivity contribution in [3.05, 3.63) is 88.1 Å². The van der Waals surface area contributed by atoms with Crippen LogP contribution in [0.2, 0.25) is 0 Å². The third kappa shape index (κ3) is 5.46. The zero-order valence-electron chi connectivity index (χ0n) is 18.4. The van der Waals surface area contributed by atoms with Crippen LogP contribution in [0.25, 0.3) is 0 Å². The zero-order chi connectivity index (χ0) is 24.9. The van der Waals surface area contributed by atoms with Crippen molar-refractivity contribution in [3.63, 3.8) is 0 Å². The number of halogens is 3. The number of rotatable bonds is 7. The highest BCUT2D eigenvalue weighted by Gasteiger charge is 2.38. The molecule has 2 aromatic carbocycles. The molecule has 9 heteroatoms. The van der Waals surface area contributed by atoms with E-state index in [0.717, 1.165) is 11.8 Å². The highest BCUT2D eigenvalue weighted by molar-refractivity contribution is 8.00. The highest BCUT2D eigenvalue weighted by Crippen LogP contribution is 2.38. The largest absolute Gasteiger partial charge is 0.418 e. The van der Waals surface area contributed by atoms with Gasteiger partial charge in [0.2, 0.25) is 5.91 Å². The van der Waals surface area contributed by atoms with Gasteiger partial charge in [0.05, 0.1) is 22.6 Å². The minimum absolute atomic E-state index is 0.0892. The molecule has 1 amide bonds. The number of alkyl halides is 3. The van der Waals surface area contributed by atoms with Gasteiger partial charge >= 0.3 is 6.18 Å². The molecule has 0 unspecified atom stereocenters. The predicted molar refractivity (Wildman–Crippen MR) is 124 cm³/mol. The summed E-state index contributed by atoms with van der Waals surface area (Å²) in [6.45, 7) is 2.96. The van der Waals surface area contributed by atoms with E-state index in [2.05, 4.69) is 10.3 Å². The fourth-order valence-electron chi connectivity index (χ4n) is 3.46. The molecule has 174 valence electrons. The Bertz CT molecular complexity index is 1270. The second-order valence-electron chi connectivity index (χ2n) is 7.28. The Kier molecular flexibility index (Phi) is 7.74. The lowest BCUT2D eigenvalue weighted by Crippen LogP contribution is -2.18. The lowest BCUT2D eigenvalue weighted by atomic mass is 10.0. The maximum absolute atomic E-state index is 13.6. The standard InChI is InChI=1S/C25H20F3N3O2S/c1-3-19-15(2)22(25(26,27)28)18(13-29)24(31-19)34-14-21(32)30-20-12-8-7-11-17(20)23(33)16-9-5-4-6-10-16/h4-12H,3,14H2,1-2H3,(H,30,32). The van der Waals surface area contributed by atoms with Crippen LogP contribution in [0, 0.1) is 18.3 Å². The van der Waals surface area contributed by atoms with E-state index in [4.69, 9.17) is 0 Å². The zero-order valence-corrected chi connectivity index (χ0v) is 19.2. The van der Waals surface area contributed by atoms with Gasteiger partial charge in [-0.05, 0) is 31.0 Å². The van der Waals surface area contributed by atoms with Crippen molar-refractivity contribution in [1.29, 1.82) is 5.26 Å². The van der Waals surface area contributed by atoms with Gasteiger partial charge < -0.3 is 5.32 Å². The summed E-state index contributed by atoms with van der Waals surface area (Å²) >= 11 is 0.748. The number of para-hydroxylation sites is 1. The summed E-state index contributed by atoms with van der Waals surface area (Å²) in [5, 5.41) is 11.9. The number of aromatic nitrogens is 1. The van der Waals surface area contributed by atoms with Gasteiger partial charge in [0.15, 0.2) is 5.78 Å². The lowest BCUT2D eigenvalue weighted by molar-refractivity contribution is -0.138. The topological polar surface area (TPSA) is 82.8 Å². The number of pyridine rings is 1. The summed E-state index contributed by atoms with van der Waals surface area (Å²) < 4.78 is 40.9. The number of thioether (sulfide) groups is 1. The van der Waals surface area contributed by atoms with Gasteiger partial charge in [0, 0.05) is 16.8 Å². The van der Waals surface area contributed by atoms with E-state index in [0.29, 0.717) is 5.56 Å². The number of benzene rings is 2. The summed E-state index contributed by atoms with van der Waals surface area (Å²) in [6.07, 6.45) is -4.48. The molecule has 0 radical (unpaired) electrons. The lowest BCUT2D eigenvalue weighted by Gasteiger charge is -2.17. The summed E-state index contributed by atoms with van der Waals surface area (Å²) in [5.74, 6) is -1.12. The van der Waals surface area contributed by atoms with Gasteiger partial charge in [-0.1, -0.05) is 61.2 Å². The minimum atomic E-state index is -4.73. The number of hydrogen-bond acceptors (Lipinski definition) is 5. The first-order chi connectivity index (χ1) is 16.2. The molecule has 1 N–H and O–H groups in total. The number of carbonyl (C=O) groups is 2. The van der Waals surface area contributed by atoms with Crippen LogP contribution in [0.4, 0.5) is 18.9 Å². The van der Waals surface area contributed by atoms with Gasteiger partial charge in [-0.3, -0.25) is 9.59 Å². The molecule has 0 bridgehead atoms. The molecule has 0 aliphatic carbocycles. The first kappa shape index (κ1) is 25.0. The number of anilines is 1. The molecule has 1 heterocycles. The summed E-state index contributed by atoms with van der Waals surface area (Å²) in [4.78, 5) is 29.7. The van der Waals surface area contributed by atoms with Crippen LogP contribution < -0.4 is 5.32 Å². The van der Waals surface area contributed by atoms with E-state index < -0.39 is 23.2 Å². The summed E-state index contributed by atoms with van der Waals surface area (Å²) in [5.41, 5.74) is -0.478. The molecule has 1 aromatic heterocycles. The molecule has 3 aromatic rings. The van der Waals surface area contributed by atoms with Crippen LogP contribution in [0.3, 0.4) is 0 Å². The van der Waals surface area contributed by atoms with E-state index in [1.54, 1.807) is 67.6 Å². The number of hydrogen-bond donors (Lipinski definition) is 1. The van der Waals surface area contributed by atoms with E-state index in [1.165, 1.54) is 6.92 Å². The van der Waals surface area contributed by atoms with Crippen LogP contribution in [0.15, 0.2) is 59.6 Å². The Labute approximate surface area is 199 Å². The number of amides is 1. The van der Waals surface area contributed by atoms with Crippen molar-refractivity contribution in [3.8, 4) is 6.07 Å². The number of nitrogens with one attached hydrogen (secondary N) is 1. The summed E-state index contributed by atoms with van der Waals surface area (Å²) in [7, 11) is 0. The minimum Gasteiger partial charge on any atom is -0.325 e. The average molecular weight is 484 g/mol. The summed E-state index contributed by atoms with van der Waals surface area (Å²) in [6, 6.07) is 16.6. The maximum Gasteiger partial charge on any atom is 0.418 e. The second kappa shape index (κ2) is 10.5. The fourth-order valence-corrected chi connectivity index (χ4v) is 4.27. The van der Waals surface area contributed by atoms with E-state index in [9.17, 15) is 28.0 Å². The molecule has 0 spiro atoms. The molecule has 3 rings (SSSR count). The number of aryl methyl sites for hydroxylation is 1. The average Bonchev–Trinajstić information content (AvgIpc) is 2.82. The quantitative estimate of drug-likeness (QED) is 0.339. The molecule has 0 aliphatic heterocycles. The molecule has 0 saturated carbocycles. The smallest absolute Gasteiger partial charge is 0.325 e. The van der Waals surface area contributed by atoms with E-state index in [1.807, 2.05) is 0 Å². The van der Waals surface area contributed by atoms with Crippen LogP contribution in [-0.4, -0.2) is 22.4 Å². The molecule has 0 fully saturated rings. The number of ketones is 1. The van der Waals surface area contributed by atoms with Crippen LogP contribution in [0.5, 0.6) is 0 Å². The van der Waals surface area contributed by atoms with Crippen molar-refractivity contribution >= 4 is 29.1 Å². The molecular weight excluding hydrogens is 463 g/mol. The monoisotopic (exact) mass is 483 g/mol.